The standard InChI is InChI=1S/C22H29N3O2/c1-16(2)17(3)23-21(26)18-9-13-25(14-10-18)22(27)19-7-6-8-20(15-19)24-11-4-5-12-24/h4-8,11-12,15-18H,9-10,13-14H2,1-3H3,(H,23,26). The minimum atomic E-state index is 0.00135. The van der Waals surface area contributed by atoms with Crippen LogP contribution in [0.2, 0.25) is 0 Å². The van der Waals surface area contributed by atoms with Crippen LogP contribution in [0.5, 0.6) is 0 Å². The molecule has 1 N–H and O–H groups in total. The first-order valence-electron chi connectivity index (χ1n) is 9.78. The van der Waals surface area contributed by atoms with E-state index in [1.54, 1.807) is 0 Å². The second-order valence-electron chi connectivity index (χ2n) is 7.75. The Bertz CT molecular complexity index is 775. The molecule has 27 heavy (non-hydrogen) atoms. The number of piperidine rings is 1. The fourth-order valence-corrected chi connectivity index (χ4v) is 3.34. The Labute approximate surface area is 161 Å². The minimum absolute atomic E-state index is 0.00135. The monoisotopic (exact) mass is 367 g/mol. The Morgan fingerprint density at radius 3 is 2.33 bits per heavy atom. The maximum Gasteiger partial charge on any atom is 0.253 e. The third kappa shape index (κ3) is 4.59. The van der Waals surface area contributed by atoms with Crippen molar-refractivity contribution >= 4 is 11.8 Å². The highest BCUT2D eigenvalue weighted by Gasteiger charge is 2.28. The summed E-state index contributed by atoms with van der Waals surface area (Å²) in [6.07, 6.45) is 5.37. The molecule has 0 spiro atoms. The summed E-state index contributed by atoms with van der Waals surface area (Å²) in [6, 6.07) is 11.8. The van der Waals surface area contributed by atoms with Gasteiger partial charge >= 0.3 is 0 Å². The number of nitrogens with one attached hydrogen (secondary N) is 1. The zero-order chi connectivity index (χ0) is 19.4. The molecule has 2 amide bonds. The second-order valence-corrected chi connectivity index (χ2v) is 7.75. The molecular weight excluding hydrogens is 338 g/mol. The molecule has 1 unspecified atom stereocenters. The Morgan fingerprint density at radius 1 is 1.04 bits per heavy atom. The molecule has 1 saturated heterocycles. The number of aromatic nitrogens is 1. The summed E-state index contributed by atoms with van der Waals surface area (Å²) in [5.41, 5.74) is 1.67. The molecule has 3 rings (SSSR count). The van der Waals surface area contributed by atoms with Crippen LogP contribution >= 0.6 is 0 Å². The van der Waals surface area contributed by atoms with E-state index in [1.165, 1.54) is 0 Å². The number of benzene rings is 1. The third-order valence-corrected chi connectivity index (χ3v) is 5.52. The van der Waals surface area contributed by atoms with Gasteiger partial charge in [0.05, 0.1) is 0 Å². The molecule has 1 atom stereocenters. The van der Waals surface area contributed by atoms with Crippen molar-refractivity contribution in [2.24, 2.45) is 11.8 Å². The van der Waals surface area contributed by atoms with Gasteiger partial charge in [0.1, 0.15) is 0 Å². The third-order valence-electron chi connectivity index (χ3n) is 5.52. The van der Waals surface area contributed by atoms with Gasteiger partial charge in [-0.15, -0.1) is 0 Å². The summed E-state index contributed by atoms with van der Waals surface area (Å²) in [4.78, 5) is 27.2. The topological polar surface area (TPSA) is 54.3 Å². The van der Waals surface area contributed by atoms with Crippen LogP contribution < -0.4 is 5.32 Å². The molecule has 0 bridgehead atoms. The van der Waals surface area contributed by atoms with Crippen LogP contribution in [-0.4, -0.2) is 40.4 Å². The number of nitrogens with zero attached hydrogens (tertiary/aromatic N) is 2. The molecule has 0 aliphatic carbocycles. The van der Waals surface area contributed by atoms with Gasteiger partial charge in [-0.2, -0.15) is 0 Å². The fourth-order valence-electron chi connectivity index (χ4n) is 3.34. The zero-order valence-electron chi connectivity index (χ0n) is 16.4. The van der Waals surface area contributed by atoms with Crippen molar-refractivity contribution in [3.63, 3.8) is 0 Å². The first-order chi connectivity index (χ1) is 13.0. The summed E-state index contributed by atoms with van der Waals surface area (Å²) in [6.45, 7) is 7.50. The van der Waals surface area contributed by atoms with Crippen molar-refractivity contribution < 1.29 is 9.59 Å². The predicted octanol–water partition coefficient (Wildman–Crippen LogP) is 3.49. The van der Waals surface area contributed by atoms with E-state index in [4.69, 9.17) is 0 Å². The quantitative estimate of drug-likeness (QED) is 0.879. The van der Waals surface area contributed by atoms with Crippen molar-refractivity contribution in [3.8, 4) is 5.69 Å². The Morgan fingerprint density at radius 2 is 1.70 bits per heavy atom. The largest absolute Gasteiger partial charge is 0.353 e. The van der Waals surface area contributed by atoms with Crippen LogP contribution in [0.4, 0.5) is 0 Å². The lowest BCUT2D eigenvalue weighted by atomic mass is 9.94. The molecule has 1 aromatic carbocycles. The Balaban J connectivity index is 1.59. The van der Waals surface area contributed by atoms with E-state index in [0.29, 0.717) is 24.6 Å². The molecule has 2 aromatic rings. The van der Waals surface area contributed by atoms with Crippen molar-refractivity contribution in [1.82, 2.24) is 14.8 Å². The number of amides is 2. The van der Waals surface area contributed by atoms with Crippen LogP contribution in [0.1, 0.15) is 44.0 Å². The van der Waals surface area contributed by atoms with Gasteiger partial charge in [0, 0.05) is 48.7 Å². The highest BCUT2D eigenvalue weighted by atomic mass is 16.2. The molecule has 0 saturated carbocycles. The van der Waals surface area contributed by atoms with Gasteiger partial charge in [-0.1, -0.05) is 19.9 Å². The molecular formula is C22H29N3O2. The molecule has 2 heterocycles. The number of carbonyl (C=O) groups excluding carboxylic acids is 2. The number of rotatable bonds is 5. The van der Waals surface area contributed by atoms with Crippen molar-refractivity contribution in [2.75, 3.05) is 13.1 Å². The van der Waals surface area contributed by atoms with Crippen LogP contribution in [-0.2, 0) is 4.79 Å². The average Bonchev–Trinajstić information content (AvgIpc) is 3.22. The van der Waals surface area contributed by atoms with Crippen molar-refractivity contribution in [1.29, 1.82) is 0 Å². The molecule has 5 heteroatoms. The average molecular weight is 367 g/mol. The summed E-state index contributed by atoms with van der Waals surface area (Å²) in [7, 11) is 0. The maximum atomic E-state index is 12.9. The van der Waals surface area contributed by atoms with E-state index in [1.807, 2.05) is 65.2 Å². The van der Waals surface area contributed by atoms with Gasteiger partial charge in [-0.3, -0.25) is 9.59 Å². The van der Waals surface area contributed by atoms with E-state index in [-0.39, 0.29) is 23.8 Å². The smallest absolute Gasteiger partial charge is 0.253 e. The molecule has 5 nitrogen and oxygen atoms in total. The lowest BCUT2D eigenvalue weighted by Gasteiger charge is -2.32. The van der Waals surface area contributed by atoms with Gasteiger partial charge in [0.25, 0.3) is 5.91 Å². The molecule has 1 aliphatic rings. The molecule has 0 radical (unpaired) electrons. The molecule has 144 valence electrons. The first-order valence-corrected chi connectivity index (χ1v) is 9.78. The molecule has 1 aliphatic heterocycles. The van der Waals surface area contributed by atoms with Gasteiger partial charge in [0.15, 0.2) is 0 Å². The number of carbonyl (C=O) groups is 2. The second kappa shape index (κ2) is 8.42. The van der Waals surface area contributed by atoms with Crippen LogP contribution in [0.15, 0.2) is 48.8 Å². The number of hydrogen-bond donors (Lipinski definition) is 1. The van der Waals surface area contributed by atoms with Gasteiger partial charge < -0.3 is 14.8 Å². The van der Waals surface area contributed by atoms with E-state index in [2.05, 4.69) is 19.2 Å². The summed E-state index contributed by atoms with van der Waals surface area (Å²) >= 11 is 0. The lowest BCUT2D eigenvalue weighted by molar-refractivity contribution is -0.127. The van der Waals surface area contributed by atoms with Crippen LogP contribution in [0.25, 0.3) is 5.69 Å². The van der Waals surface area contributed by atoms with E-state index < -0.39 is 0 Å². The van der Waals surface area contributed by atoms with E-state index >= 15 is 0 Å². The number of likely N-dealkylation sites (tertiary alicyclic amines) is 1. The Hall–Kier alpha value is -2.56. The Kier molecular flexibility index (Phi) is 5.99. The first kappa shape index (κ1) is 19.2. The molecule has 1 fully saturated rings. The fraction of sp³-hybridized carbons (Fsp3) is 0.455. The van der Waals surface area contributed by atoms with E-state index in [9.17, 15) is 9.59 Å². The SMILES string of the molecule is CC(C)C(C)NC(=O)C1CCN(C(=O)c2cccc(-n3cccc3)c2)CC1. The highest BCUT2D eigenvalue weighted by molar-refractivity contribution is 5.95. The molecule has 1 aromatic heterocycles. The minimum Gasteiger partial charge on any atom is -0.353 e. The lowest BCUT2D eigenvalue weighted by Crippen LogP contribution is -2.45. The van der Waals surface area contributed by atoms with E-state index in [0.717, 1.165) is 18.5 Å². The highest BCUT2D eigenvalue weighted by Crippen LogP contribution is 2.21. The van der Waals surface area contributed by atoms with Crippen molar-refractivity contribution in [2.45, 2.75) is 39.7 Å². The summed E-state index contributed by atoms with van der Waals surface area (Å²) in [5, 5.41) is 3.10. The van der Waals surface area contributed by atoms with Crippen LogP contribution in [0, 0.1) is 11.8 Å². The van der Waals surface area contributed by atoms with Crippen LogP contribution in [0.3, 0.4) is 0 Å². The van der Waals surface area contributed by atoms with Crippen molar-refractivity contribution in [3.05, 3.63) is 54.4 Å². The normalized spacial score (nSPS) is 16.4. The van der Waals surface area contributed by atoms with Gasteiger partial charge in [-0.25, -0.2) is 0 Å². The zero-order valence-corrected chi connectivity index (χ0v) is 16.4. The maximum absolute atomic E-state index is 12.9. The number of hydrogen-bond acceptors (Lipinski definition) is 2. The summed E-state index contributed by atoms with van der Waals surface area (Å²) in [5.74, 6) is 0.584. The summed E-state index contributed by atoms with van der Waals surface area (Å²) < 4.78 is 1.99. The van der Waals surface area contributed by atoms with Gasteiger partial charge in [-0.05, 0) is 56.0 Å². The van der Waals surface area contributed by atoms with Gasteiger partial charge in [0.2, 0.25) is 5.91 Å². The predicted molar refractivity (Wildman–Crippen MR) is 107 cm³/mol.